The number of aryl methyl sites for hydroxylation is 2. The Bertz CT molecular complexity index is 1310. The van der Waals surface area contributed by atoms with Gasteiger partial charge < -0.3 is 0 Å². The van der Waals surface area contributed by atoms with Crippen LogP contribution in [0.25, 0.3) is 28.2 Å². The summed E-state index contributed by atoms with van der Waals surface area (Å²) >= 11 is 6.04. The molecule has 1 aromatic heterocycles. The number of aromatic nitrogens is 2. The van der Waals surface area contributed by atoms with E-state index in [2.05, 4.69) is 26.0 Å². The minimum absolute atomic E-state index is 0.0601. The molecule has 0 fully saturated rings. The molecule has 0 unspecified atom stereocenters. The highest BCUT2D eigenvalue weighted by atomic mass is 35.5. The van der Waals surface area contributed by atoms with Gasteiger partial charge in [-0.3, -0.25) is 0 Å². The van der Waals surface area contributed by atoms with Crippen molar-refractivity contribution in [3.8, 4) is 28.2 Å². The van der Waals surface area contributed by atoms with Gasteiger partial charge >= 0.3 is 0 Å². The topological polar surface area (TPSA) is 78.0 Å². The van der Waals surface area contributed by atoms with Crippen LogP contribution in [-0.4, -0.2) is 18.2 Å². The molecule has 0 aliphatic heterocycles. The summed E-state index contributed by atoms with van der Waals surface area (Å²) in [4.78, 5) is 0.0601. The van der Waals surface area contributed by atoms with Gasteiger partial charge in [-0.05, 0) is 67.4 Å². The molecule has 0 bridgehead atoms. The number of nitrogens with two attached hydrogens (primary N) is 1. The van der Waals surface area contributed by atoms with Crippen LogP contribution in [0.4, 0.5) is 0 Å². The summed E-state index contributed by atoms with van der Waals surface area (Å²) in [6.07, 6.45) is 0. The standard InChI is InChI=1S/C23H20ClN3O2S/c1-15-4-3-5-16(2)23(15)22-14-21(17-6-8-18(24)9-7-17)26-27(22)19-10-12-20(13-11-19)30(25,28)29/h3-14H,1-2H3,(H2,25,28,29). The van der Waals surface area contributed by atoms with Crippen molar-refractivity contribution in [2.45, 2.75) is 18.7 Å². The van der Waals surface area contributed by atoms with Crippen molar-refractivity contribution in [1.82, 2.24) is 9.78 Å². The van der Waals surface area contributed by atoms with Gasteiger partial charge in [0.2, 0.25) is 10.0 Å². The third-order valence-electron chi connectivity index (χ3n) is 5.00. The highest BCUT2D eigenvalue weighted by molar-refractivity contribution is 7.89. The largest absolute Gasteiger partial charge is 0.238 e. The Hall–Kier alpha value is -2.93. The molecule has 4 rings (SSSR count). The van der Waals surface area contributed by atoms with Gasteiger partial charge in [0.15, 0.2) is 0 Å². The zero-order valence-corrected chi connectivity index (χ0v) is 18.1. The van der Waals surface area contributed by atoms with Gasteiger partial charge in [-0.1, -0.05) is 41.9 Å². The molecule has 5 nitrogen and oxygen atoms in total. The SMILES string of the molecule is Cc1cccc(C)c1-c1cc(-c2ccc(Cl)cc2)nn1-c1ccc(S(N)(=O)=O)cc1. The normalized spacial score (nSPS) is 11.6. The fourth-order valence-electron chi connectivity index (χ4n) is 3.51. The number of sulfonamides is 1. The van der Waals surface area contributed by atoms with E-state index in [4.69, 9.17) is 21.8 Å². The highest BCUT2D eigenvalue weighted by Crippen LogP contribution is 2.33. The van der Waals surface area contributed by atoms with Crippen molar-refractivity contribution in [2.24, 2.45) is 5.14 Å². The Morgan fingerprint density at radius 1 is 0.900 bits per heavy atom. The van der Waals surface area contributed by atoms with E-state index in [1.165, 1.54) is 12.1 Å². The first-order valence-corrected chi connectivity index (χ1v) is 11.2. The van der Waals surface area contributed by atoms with E-state index < -0.39 is 10.0 Å². The first-order chi connectivity index (χ1) is 14.2. The van der Waals surface area contributed by atoms with Crippen molar-refractivity contribution in [1.29, 1.82) is 0 Å². The molecule has 0 atom stereocenters. The predicted octanol–water partition coefficient (Wildman–Crippen LogP) is 5.12. The van der Waals surface area contributed by atoms with Gasteiger partial charge in [-0.15, -0.1) is 0 Å². The van der Waals surface area contributed by atoms with E-state index >= 15 is 0 Å². The summed E-state index contributed by atoms with van der Waals surface area (Å²) < 4.78 is 25.1. The minimum atomic E-state index is -3.76. The first-order valence-electron chi connectivity index (χ1n) is 9.30. The lowest BCUT2D eigenvalue weighted by Crippen LogP contribution is -2.12. The molecule has 0 aliphatic carbocycles. The lowest BCUT2D eigenvalue weighted by molar-refractivity contribution is 0.598. The summed E-state index contributed by atoms with van der Waals surface area (Å²) in [7, 11) is -3.76. The minimum Gasteiger partial charge on any atom is -0.232 e. The molecule has 0 saturated carbocycles. The third-order valence-corrected chi connectivity index (χ3v) is 6.18. The number of nitrogens with zero attached hydrogens (tertiary/aromatic N) is 2. The van der Waals surface area contributed by atoms with Gasteiger partial charge in [0.05, 0.1) is 22.0 Å². The molecule has 0 amide bonds. The van der Waals surface area contributed by atoms with E-state index in [1.807, 2.05) is 41.1 Å². The lowest BCUT2D eigenvalue weighted by Gasteiger charge is -2.12. The number of primary sulfonamides is 1. The van der Waals surface area contributed by atoms with E-state index in [0.717, 1.165) is 39.3 Å². The summed E-state index contributed by atoms with van der Waals surface area (Å²) in [5.41, 5.74) is 6.71. The summed E-state index contributed by atoms with van der Waals surface area (Å²) in [6, 6.07) is 22.1. The number of benzene rings is 3. The Kier molecular flexibility index (Phi) is 5.24. The maximum Gasteiger partial charge on any atom is 0.238 e. The molecule has 0 saturated heterocycles. The van der Waals surface area contributed by atoms with E-state index in [-0.39, 0.29) is 4.90 Å². The van der Waals surface area contributed by atoms with Crippen LogP contribution in [0.1, 0.15) is 11.1 Å². The molecule has 3 aromatic carbocycles. The second-order valence-corrected chi connectivity index (χ2v) is 9.14. The molecule has 0 radical (unpaired) electrons. The van der Waals surface area contributed by atoms with Crippen molar-refractivity contribution in [3.05, 3.63) is 88.9 Å². The second kappa shape index (κ2) is 7.72. The predicted molar refractivity (Wildman–Crippen MR) is 120 cm³/mol. The van der Waals surface area contributed by atoms with Crippen LogP contribution in [0.15, 0.2) is 77.7 Å². The number of rotatable bonds is 4. The maximum atomic E-state index is 11.6. The first kappa shape index (κ1) is 20.3. The zero-order chi connectivity index (χ0) is 21.5. The number of halogens is 1. The number of hydrogen-bond acceptors (Lipinski definition) is 3. The smallest absolute Gasteiger partial charge is 0.232 e. The average Bonchev–Trinajstić information content (AvgIpc) is 3.13. The fraction of sp³-hybridized carbons (Fsp3) is 0.0870. The average molecular weight is 438 g/mol. The van der Waals surface area contributed by atoms with Crippen LogP contribution in [-0.2, 0) is 10.0 Å². The molecular formula is C23H20ClN3O2S. The highest BCUT2D eigenvalue weighted by Gasteiger charge is 2.17. The van der Waals surface area contributed by atoms with E-state index in [0.29, 0.717) is 5.02 Å². The molecule has 2 N–H and O–H groups in total. The number of hydrogen-bond donors (Lipinski definition) is 1. The Balaban J connectivity index is 1.93. The molecular weight excluding hydrogens is 418 g/mol. The zero-order valence-electron chi connectivity index (χ0n) is 16.5. The summed E-state index contributed by atoms with van der Waals surface area (Å²) in [6.45, 7) is 4.12. The fourth-order valence-corrected chi connectivity index (χ4v) is 4.15. The molecule has 152 valence electrons. The molecule has 1 heterocycles. The Labute approximate surface area is 180 Å². The molecule has 7 heteroatoms. The van der Waals surface area contributed by atoms with Crippen LogP contribution < -0.4 is 5.14 Å². The summed E-state index contributed by atoms with van der Waals surface area (Å²) in [5.74, 6) is 0. The van der Waals surface area contributed by atoms with Gasteiger partial charge in [-0.25, -0.2) is 18.2 Å². The van der Waals surface area contributed by atoms with Gasteiger partial charge in [0.25, 0.3) is 0 Å². The van der Waals surface area contributed by atoms with Crippen molar-refractivity contribution in [3.63, 3.8) is 0 Å². The van der Waals surface area contributed by atoms with Gasteiger partial charge in [0.1, 0.15) is 0 Å². The third kappa shape index (κ3) is 3.89. The van der Waals surface area contributed by atoms with Crippen LogP contribution in [0.3, 0.4) is 0 Å². The monoisotopic (exact) mass is 437 g/mol. The molecule has 0 aliphatic rings. The van der Waals surface area contributed by atoms with Crippen LogP contribution in [0.2, 0.25) is 5.02 Å². The second-order valence-electron chi connectivity index (χ2n) is 7.14. The van der Waals surface area contributed by atoms with Crippen LogP contribution in [0.5, 0.6) is 0 Å². The van der Waals surface area contributed by atoms with Crippen LogP contribution >= 0.6 is 11.6 Å². The summed E-state index contributed by atoms with van der Waals surface area (Å²) in [5, 5.41) is 10.7. The van der Waals surface area contributed by atoms with E-state index in [9.17, 15) is 8.42 Å². The lowest BCUT2D eigenvalue weighted by atomic mass is 9.99. The molecule has 0 spiro atoms. The molecule has 4 aromatic rings. The van der Waals surface area contributed by atoms with Gasteiger partial charge in [0, 0.05) is 16.1 Å². The van der Waals surface area contributed by atoms with Crippen molar-refractivity contribution >= 4 is 21.6 Å². The quantitative estimate of drug-likeness (QED) is 0.481. The van der Waals surface area contributed by atoms with Crippen molar-refractivity contribution in [2.75, 3.05) is 0 Å². The maximum absolute atomic E-state index is 11.6. The van der Waals surface area contributed by atoms with Crippen LogP contribution in [0, 0.1) is 13.8 Å². The van der Waals surface area contributed by atoms with Crippen molar-refractivity contribution < 1.29 is 8.42 Å². The Morgan fingerprint density at radius 2 is 1.50 bits per heavy atom. The van der Waals surface area contributed by atoms with E-state index in [1.54, 1.807) is 12.1 Å². The van der Waals surface area contributed by atoms with Gasteiger partial charge in [-0.2, -0.15) is 5.10 Å². The Morgan fingerprint density at radius 3 is 2.07 bits per heavy atom. The molecule has 30 heavy (non-hydrogen) atoms.